The summed E-state index contributed by atoms with van der Waals surface area (Å²) in [5, 5.41) is 7.00. The molecule has 1 aliphatic rings. The molecule has 0 atom stereocenters. The van der Waals surface area contributed by atoms with Crippen molar-refractivity contribution in [1.29, 1.82) is 0 Å². The average molecular weight is 202 g/mol. The fourth-order valence-electron chi connectivity index (χ4n) is 1.72. The number of allylic oxidation sites excluding steroid dienone is 1. The van der Waals surface area contributed by atoms with Crippen LogP contribution in [0.1, 0.15) is 46.0 Å². The maximum Gasteiger partial charge on any atom is 0.0676 e. The van der Waals surface area contributed by atoms with Gasteiger partial charge in [-0.2, -0.15) is 0 Å². The van der Waals surface area contributed by atoms with Crippen LogP contribution in [0, 0.1) is 0 Å². The molecule has 0 bridgehead atoms. The van der Waals surface area contributed by atoms with Crippen LogP contribution >= 0.6 is 0 Å². The van der Waals surface area contributed by atoms with Crippen LogP contribution in [-0.2, 0) is 4.74 Å². The lowest BCUT2D eigenvalue weighted by Gasteiger charge is -2.25. The lowest BCUT2D eigenvalue weighted by atomic mass is 9.99. The van der Waals surface area contributed by atoms with E-state index >= 15 is 0 Å². The SMILES string of the molecule is C=CC.CCC1(OC)CCCC1.CO. The van der Waals surface area contributed by atoms with Gasteiger partial charge in [-0.1, -0.05) is 25.8 Å². The number of hydrogen-bond donors (Lipinski definition) is 1. The van der Waals surface area contributed by atoms with Gasteiger partial charge in [0.2, 0.25) is 0 Å². The predicted octanol–water partition coefficient (Wildman–Crippen LogP) is 3.16. The summed E-state index contributed by atoms with van der Waals surface area (Å²) < 4.78 is 5.45. The number of methoxy groups -OCH3 is 1. The van der Waals surface area contributed by atoms with Gasteiger partial charge in [-0.3, -0.25) is 0 Å². The molecule has 1 aliphatic carbocycles. The van der Waals surface area contributed by atoms with Crippen molar-refractivity contribution in [2.45, 2.75) is 51.6 Å². The van der Waals surface area contributed by atoms with Crippen molar-refractivity contribution in [3.8, 4) is 0 Å². The number of aliphatic hydroxyl groups is 1. The van der Waals surface area contributed by atoms with Crippen LogP contribution in [0.3, 0.4) is 0 Å². The molecular weight excluding hydrogens is 176 g/mol. The Morgan fingerprint density at radius 2 is 1.71 bits per heavy atom. The first-order valence-electron chi connectivity index (χ1n) is 5.31. The minimum atomic E-state index is 0.278. The van der Waals surface area contributed by atoms with Gasteiger partial charge in [-0.05, 0) is 26.2 Å². The Balaban J connectivity index is 0. The lowest BCUT2D eigenvalue weighted by molar-refractivity contribution is -0.00722. The normalized spacial score (nSPS) is 17.2. The van der Waals surface area contributed by atoms with E-state index in [9.17, 15) is 0 Å². The molecule has 0 amide bonds. The highest BCUT2D eigenvalue weighted by molar-refractivity contribution is 4.84. The number of aliphatic hydroxyl groups excluding tert-OH is 1. The standard InChI is InChI=1S/C8H16O.C3H6.CH4O/c1-3-8(9-2)6-4-5-7-8;1-3-2;1-2/h3-7H2,1-2H3;3H,1H2,2H3;2H,1H3. The molecule has 0 unspecified atom stereocenters. The van der Waals surface area contributed by atoms with Gasteiger partial charge in [-0.15, -0.1) is 6.58 Å². The maximum absolute atomic E-state index is 7.00. The highest BCUT2D eigenvalue weighted by atomic mass is 16.5. The second-order valence-corrected chi connectivity index (χ2v) is 3.36. The summed E-state index contributed by atoms with van der Waals surface area (Å²) in [7, 11) is 2.84. The zero-order valence-corrected chi connectivity index (χ0v) is 10.2. The minimum absolute atomic E-state index is 0.278. The fourth-order valence-corrected chi connectivity index (χ4v) is 1.72. The van der Waals surface area contributed by atoms with Gasteiger partial charge >= 0.3 is 0 Å². The van der Waals surface area contributed by atoms with Crippen LogP contribution in [0.15, 0.2) is 12.7 Å². The Morgan fingerprint density at radius 1 is 1.36 bits per heavy atom. The molecule has 0 spiro atoms. The Kier molecular flexibility index (Phi) is 12.4. The van der Waals surface area contributed by atoms with E-state index in [1.54, 1.807) is 6.08 Å². The number of ether oxygens (including phenoxy) is 1. The van der Waals surface area contributed by atoms with Crippen LogP contribution < -0.4 is 0 Å². The summed E-state index contributed by atoms with van der Waals surface area (Å²) in [6, 6.07) is 0. The molecule has 86 valence electrons. The molecule has 1 rings (SSSR count). The lowest BCUT2D eigenvalue weighted by Crippen LogP contribution is -2.25. The van der Waals surface area contributed by atoms with Crippen LogP contribution in [0.2, 0.25) is 0 Å². The molecule has 1 N–H and O–H groups in total. The van der Waals surface area contributed by atoms with E-state index in [1.807, 2.05) is 14.0 Å². The van der Waals surface area contributed by atoms with Gasteiger partial charge in [0.05, 0.1) is 5.60 Å². The Morgan fingerprint density at radius 3 is 1.86 bits per heavy atom. The first kappa shape index (κ1) is 16.1. The molecule has 0 aliphatic heterocycles. The largest absolute Gasteiger partial charge is 0.400 e. The topological polar surface area (TPSA) is 29.5 Å². The summed E-state index contributed by atoms with van der Waals surface area (Å²) in [5.41, 5.74) is 0.278. The third-order valence-electron chi connectivity index (χ3n) is 2.59. The molecule has 1 saturated carbocycles. The molecule has 0 aromatic heterocycles. The number of hydrogen-bond acceptors (Lipinski definition) is 2. The van der Waals surface area contributed by atoms with Gasteiger partial charge in [0, 0.05) is 14.2 Å². The van der Waals surface area contributed by atoms with Crippen molar-refractivity contribution < 1.29 is 9.84 Å². The van der Waals surface area contributed by atoms with Crippen LogP contribution in [0.5, 0.6) is 0 Å². The summed E-state index contributed by atoms with van der Waals surface area (Å²) in [6.45, 7) is 7.47. The predicted molar refractivity (Wildman–Crippen MR) is 62.5 cm³/mol. The van der Waals surface area contributed by atoms with Gasteiger partial charge in [-0.25, -0.2) is 0 Å². The first-order chi connectivity index (χ1) is 6.74. The molecular formula is C12H26O2. The average Bonchev–Trinajstić information content (AvgIpc) is 2.71. The molecule has 0 aromatic rings. The first-order valence-corrected chi connectivity index (χ1v) is 5.31. The molecule has 0 saturated heterocycles. The van der Waals surface area contributed by atoms with Crippen molar-refractivity contribution >= 4 is 0 Å². The highest BCUT2D eigenvalue weighted by Gasteiger charge is 2.31. The Labute approximate surface area is 89.0 Å². The van der Waals surface area contributed by atoms with Crippen molar-refractivity contribution in [1.82, 2.24) is 0 Å². The van der Waals surface area contributed by atoms with E-state index in [4.69, 9.17) is 9.84 Å². The van der Waals surface area contributed by atoms with E-state index in [2.05, 4.69) is 13.5 Å². The van der Waals surface area contributed by atoms with E-state index < -0.39 is 0 Å². The van der Waals surface area contributed by atoms with Crippen LogP contribution in [-0.4, -0.2) is 24.9 Å². The van der Waals surface area contributed by atoms with Crippen LogP contribution in [0.4, 0.5) is 0 Å². The van der Waals surface area contributed by atoms with Crippen molar-refractivity contribution in [3.05, 3.63) is 12.7 Å². The molecule has 2 nitrogen and oxygen atoms in total. The zero-order chi connectivity index (χ0) is 11.4. The van der Waals surface area contributed by atoms with E-state index in [1.165, 1.54) is 32.1 Å². The maximum atomic E-state index is 7.00. The second kappa shape index (κ2) is 10.7. The molecule has 0 radical (unpaired) electrons. The molecule has 0 aromatic carbocycles. The van der Waals surface area contributed by atoms with Gasteiger partial charge < -0.3 is 9.84 Å². The van der Waals surface area contributed by atoms with Gasteiger partial charge in [0.25, 0.3) is 0 Å². The van der Waals surface area contributed by atoms with Crippen molar-refractivity contribution in [3.63, 3.8) is 0 Å². The number of rotatable bonds is 2. The quantitative estimate of drug-likeness (QED) is 0.697. The summed E-state index contributed by atoms with van der Waals surface area (Å²) in [6.07, 6.45) is 8.22. The van der Waals surface area contributed by atoms with Gasteiger partial charge in [0.1, 0.15) is 0 Å². The van der Waals surface area contributed by atoms with E-state index in [0.29, 0.717) is 0 Å². The summed E-state index contributed by atoms with van der Waals surface area (Å²) in [4.78, 5) is 0. The third kappa shape index (κ3) is 6.17. The zero-order valence-electron chi connectivity index (χ0n) is 10.2. The molecule has 14 heavy (non-hydrogen) atoms. The minimum Gasteiger partial charge on any atom is -0.400 e. The molecule has 1 fully saturated rings. The van der Waals surface area contributed by atoms with Crippen molar-refractivity contribution in [2.75, 3.05) is 14.2 Å². The van der Waals surface area contributed by atoms with Crippen molar-refractivity contribution in [2.24, 2.45) is 0 Å². The van der Waals surface area contributed by atoms with E-state index in [0.717, 1.165) is 7.11 Å². The monoisotopic (exact) mass is 202 g/mol. The third-order valence-corrected chi connectivity index (χ3v) is 2.59. The fraction of sp³-hybridized carbons (Fsp3) is 0.833. The summed E-state index contributed by atoms with van der Waals surface area (Å²) in [5.74, 6) is 0. The van der Waals surface area contributed by atoms with Crippen LogP contribution in [0.25, 0.3) is 0 Å². The molecule has 0 heterocycles. The van der Waals surface area contributed by atoms with Gasteiger partial charge in [0.15, 0.2) is 0 Å². The summed E-state index contributed by atoms with van der Waals surface area (Å²) >= 11 is 0. The smallest absolute Gasteiger partial charge is 0.0676 e. The Bertz CT molecular complexity index is 109. The second-order valence-electron chi connectivity index (χ2n) is 3.36. The van der Waals surface area contributed by atoms with E-state index in [-0.39, 0.29) is 5.60 Å². The molecule has 2 heteroatoms. The highest BCUT2D eigenvalue weighted by Crippen LogP contribution is 2.34. The Hall–Kier alpha value is -0.340.